The number of rotatable bonds is 2. The first-order chi connectivity index (χ1) is 9.54. The fourth-order valence-electron chi connectivity index (χ4n) is 2.52. The number of esters is 1. The van der Waals surface area contributed by atoms with E-state index in [0.29, 0.717) is 17.0 Å². The van der Waals surface area contributed by atoms with Crippen LogP contribution in [0, 0.1) is 11.3 Å². The zero-order valence-corrected chi connectivity index (χ0v) is 11.8. The fourth-order valence-corrected chi connectivity index (χ4v) is 2.84. The first-order valence-electron chi connectivity index (χ1n) is 6.19. The quantitative estimate of drug-likeness (QED) is 0.849. The number of nitrogens with zero attached hydrogens (tertiary/aromatic N) is 1. The van der Waals surface area contributed by atoms with E-state index < -0.39 is 11.4 Å². The fraction of sp³-hybridized carbons (Fsp3) is 0.333. The van der Waals surface area contributed by atoms with Crippen molar-refractivity contribution >= 4 is 17.6 Å². The van der Waals surface area contributed by atoms with Crippen LogP contribution in [-0.4, -0.2) is 18.2 Å². The summed E-state index contributed by atoms with van der Waals surface area (Å²) < 4.78 is 4.66. The van der Waals surface area contributed by atoms with E-state index in [-0.39, 0.29) is 24.2 Å². The molecular weight excluding hydrogens is 278 g/mol. The zero-order chi connectivity index (χ0) is 14.8. The Morgan fingerprint density at radius 2 is 2.20 bits per heavy atom. The van der Waals surface area contributed by atoms with Crippen molar-refractivity contribution < 1.29 is 14.6 Å². The van der Waals surface area contributed by atoms with Gasteiger partial charge in [0.25, 0.3) is 0 Å². The van der Waals surface area contributed by atoms with Crippen LogP contribution in [0.2, 0.25) is 5.02 Å². The molecule has 0 spiro atoms. The van der Waals surface area contributed by atoms with Crippen molar-refractivity contribution in [2.24, 2.45) is 0 Å². The molecule has 0 aromatic heterocycles. The molecule has 1 aliphatic rings. The van der Waals surface area contributed by atoms with E-state index in [2.05, 4.69) is 10.8 Å². The van der Waals surface area contributed by atoms with E-state index in [1.165, 1.54) is 7.11 Å². The molecule has 0 saturated carbocycles. The standard InChI is InChI=1S/C15H14ClNO3/c1-20-14(19)10-8-15(9-17,7-6-13(10)18)11-4-2-3-5-12(11)16/h2-5,18H,6-8H2,1H3. The van der Waals surface area contributed by atoms with E-state index in [9.17, 15) is 15.2 Å². The molecule has 0 aliphatic heterocycles. The Morgan fingerprint density at radius 1 is 1.50 bits per heavy atom. The predicted octanol–water partition coefficient (Wildman–Crippen LogP) is 3.27. The lowest BCUT2D eigenvalue weighted by atomic mass is 9.70. The minimum atomic E-state index is -0.909. The van der Waals surface area contributed by atoms with Gasteiger partial charge in [-0.2, -0.15) is 5.26 Å². The Kier molecular flexibility index (Phi) is 4.01. The van der Waals surface area contributed by atoms with Gasteiger partial charge >= 0.3 is 5.97 Å². The van der Waals surface area contributed by atoms with Crippen LogP contribution in [0.15, 0.2) is 35.6 Å². The van der Waals surface area contributed by atoms with Crippen molar-refractivity contribution in [3.63, 3.8) is 0 Å². The third-order valence-electron chi connectivity index (χ3n) is 3.65. The number of nitriles is 1. The van der Waals surface area contributed by atoms with Crippen LogP contribution >= 0.6 is 11.6 Å². The van der Waals surface area contributed by atoms with Crippen LogP contribution in [0.1, 0.15) is 24.8 Å². The smallest absolute Gasteiger partial charge is 0.337 e. The molecule has 1 aliphatic carbocycles. The van der Waals surface area contributed by atoms with Crippen molar-refractivity contribution in [2.75, 3.05) is 7.11 Å². The van der Waals surface area contributed by atoms with E-state index in [0.717, 1.165) is 0 Å². The Morgan fingerprint density at radius 3 is 2.80 bits per heavy atom. The second kappa shape index (κ2) is 5.56. The lowest BCUT2D eigenvalue weighted by molar-refractivity contribution is -0.136. The summed E-state index contributed by atoms with van der Waals surface area (Å²) >= 11 is 6.18. The van der Waals surface area contributed by atoms with Crippen LogP contribution in [0.5, 0.6) is 0 Å². The molecule has 20 heavy (non-hydrogen) atoms. The van der Waals surface area contributed by atoms with E-state index in [1.54, 1.807) is 24.3 Å². The number of allylic oxidation sites excluding steroid dienone is 1. The number of hydrogen-bond donors (Lipinski definition) is 1. The van der Waals surface area contributed by atoms with Gasteiger partial charge in [-0.3, -0.25) is 0 Å². The van der Waals surface area contributed by atoms with Crippen LogP contribution < -0.4 is 0 Å². The van der Waals surface area contributed by atoms with Gasteiger partial charge in [0.15, 0.2) is 0 Å². The SMILES string of the molecule is COC(=O)C1=C(O)CCC(C#N)(c2ccccc2Cl)C1. The van der Waals surface area contributed by atoms with Gasteiger partial charge in [-0.05, 0) is 18.1 Å². The number of aliphatic hydroxyl groups is 1. The normalized spacial score (nSPS) is 22.2. The number of carbonyl (C=O) groups is 1. The number of methoxy groups -OCH3 is 1. The largest absolute Gasteiger partial charge is 0.512 e. The zero-order valence-electron chi connectivity index (χ0n) is 11.0. The van der Waals surface area contributed by atoms with Gasteiger partial charge in [0.1, 0.15) is 5.76 Å². The Hall–Kier alpha value is -1.99. The van der Waals surface area contributed by atoms with Crippen molar-refractivity contribution in [2.45, 2.75) is 24.7 Å². The molecule has 4 nitrogen and oxygen atoms in total. The molecular formula is C15H14ClNO3. The average Bonchev–Trinajstić information content (AvgIpc) is 2.48. The van der Waals surface area contributed by atoms with Gasteiger partial charge in [0.05, 0.1) is 24.2 Å². The molecule has 2 rings (SSSR count). The number of hydrogen-bond acceptors (Lipinski definition) is 4. The van der Waals surface area contributed by atoms with Crippen LogP contribution in [0.3, 0.4) is 0 Å². The number of benzene rings is 1. The van der Waals surface area contributed by atoms with Crippen LogP contribution in [0.25, 0.3) is 0 Å². The molecule has 0 heterocycles. The topological polar surface area (TPSA) is 70.3 Å². The average molecular weight is 292 g/mol. The third kappa shape index (κ3) is 2.37. The van der Waals surface area contributed by atoms with Crippen LogP contribution in [-0.2, 0) is 14.9 Å². The molecule has 5 heteroatoms. The number of carbonyl (C=O) groups excluding carboxylic acids is 1. The lowest BCUT2D eigenvalue weighted by Crippen LogP contribution is -2.31. The molecule has 0 radical (unpaired) electrons. The van der Waals surface area contributed by atoms with Crippen molar-refractivity contribution in [1.29, 1.82) is 5.26 Å². The molecule has 0 bridgehead atoms. The first kappa shape index (κ1) is 14.4. The molecule has 0 amide bonds. The maximum absolute atomic E-state index is 11.7. The summed E-state index contributed by atoms with van der Waals surface area (Å²) in [6.45, 7) is 0. The second-order valence-corrected chi connectivity index (χ2v) is 5.17. The number of halogens is 1. The summed E-state index contributed by atoms with van der Waals surface area (Å²) in [5.41, 5.74) is -0.0769. The van der Waals surface area contributed by atoms with Gasteiger partial charge in [0, 0.05) is 17.9 Å². The third-order valence-corrected chi connectivity index (χ3v) is 3.98. The molecule has 1 N–H and O–H groups in total. The Balaban J connectivity index is 2.48. The maximum Gasteiger partial charge on any atom is 0.337 e. The van der Waals surface area contributed by atoms with Crippen molar-refractivity contribution in [1.82, 2.24) is 0 Å². The van der Waals surface area contributed by atoms with Gasteiger partial charge in [-0.25, -0.2) is 4.79 Å². The lowest BCUT2D eigenvalue weighted by Gasteiger charge is -2.32. The van der Waals surface area contributed by atoms with Crippen LogP contribution in [0.4, 0.5) is 0 Å². The summed E-state index contributed by atoms with van der Waals surface area (Å²) in [5.74, 6) is -0.608. The minimum Gasteiger partial charge on any atom is -0.512 e. The van der Waals surface area contributed by atoms with E-state index in [4.69, 9.17) is 11.6 Å². The van der Waals surface area contributed by atoms with E-state index >= 15 is 0 Å². The number of ether oxygens (including phenoxy) is 1. The summed E-state index contributed by atoms with van der Waals surface area (Å²) in [6.07, 6.45) is 0.772. The first-order valence-corrected chi connectivity index (χ1v) is 6.57. The van der Waals surface area contributed by atoms with Crippen molar-refractivity contribution in [3.8, 4) is 6.07 Å². The Bertz CT molecular complexity index is 618. The highest BCUT2D eigenvalue weighted by atomic mass is 35.5. The predicted molar refractivity (Wildman–Crippen MR) is 74.3 cm³/mol. The monoisotopic (exact) mass is 291 g/mol. The minimum absolute atomic E-state index is 0.00483. The van der Waals surface area contributed by atoms with Crippen molar-refractivity contribution in [3.05, 3.63) is 46.2 Å². The highest BCUT2D eigenvalue weighted by molar-refractivity contribution is 6.31. The molecule has 104 valence electrons. The second-order valence-electron chi connectivity index (χ2n) is 4.77. The summed E-state index contributed by atoms with van der Waals surface area (Å²) in [5, 5.41) is 19.9. The molecule has 0 fully saturated rings. The highest BCUT2D eigenvalue weighted by Crippen LogP contribution is 2.43. The molecule has 1 unspecified atom stereocenters. The van der Waals surface area contributed by atoms with Gasteiger partial charge in [0.2, 0.25) is 0 Å². The molecule has 1 aromatic carbocycles. The van der Waals surface area contributed by atoms with E-state index in [1.807, 2.05) is 0 Å². The maximum atomic E-state index is 11.7. The summed E-state index contributed by atoms with van der Waals surface area (Å²) in [6, 6.07) is 9.35. The molecule has 1 atom stereocenters. The van der Waals surface area contributed by atoms with Gasteiger partial charge in [-0.1, -0.05) is 29.8 Å². The Labute approximate surface area is 122 Å². The van der Waals surface area contributed by atoms with Gasteiger partial charge < -0.3 is 9.84 Å². The summed E-state index contributed by atoms with van der Waals surface area (Å²) in [7, 11) is 1.25. The highest BCUT2D eigenvalue weighted by Gasteiger charge is 2.41. The molecule has 1 aromatic rings. The summed E-state index contributed by atoms with van der Waals surface area (Å²) in [4.78, 5) is 11.7. The molecule has 0 saturated heterocycles. The van der Waals surface area contributed by atoms with Gasteiger partial charge in [-0.15, -0.1) is 0 Å². The number of aliphatic hydroxyl groups excluding tert-OH is 1.